The summed E-state index contributed by atoms with van der Waals surface area (Å²) in [6.07, 6.45) is 0. The number of benzene rings is 1. The predicted molar refractivity (Wildman–Crippen MR) is 57.4 cm³/mol. The van der Waals surface area contributed by atoms with Gasteiger partial charge in [0.05, 0.1) is 5.69 Å². The zero-order valence-electron chi connectivity index (χ0n) is 8.23. The molecule has 0 fully saturated rings. The lowest BCUT2D eigenvalue weighted by Crippen LogP contribution is -2.26. The van der Waals surface area contributed by atoms with Crippen molar-refractivity contribution in [3.63, 3.8) is 0 Å². The van der Waals surface area contributed by atoms with Crippen LogP contribution in [0.1, 0.15) is 5.56 Å². The molecular weight excluding hydrogens is 192 g/mol. The van der Waals surface area contributed by atoms with Gasteiger partial charge in [0.15, 0.2) is 0 Å². The van der Waals surface area contributed by atoms with Crippen molar-refractivity contribution in [1.82, 2.24) is 9.78 Å². The molecule has 0 saturated heterocycles. The Morgan fingerprint density at radius 2 is 1.93 bits per heavy atom. The molecule has 0 amide bonds. The van der Waals surface area contributed by atoms with Crippen LogP contribution in [0.25, 0.3) is 5.69 Å². The lowest BCUT2D eigenvalue weighted by atomic mass is 10.2. The first kappa shape index (κ1) is 9.45. The maximum atomic E-state index is 11.5. The molecule has 1 heterocycles. The number of nitrogens with zero attached hydrogens (tertiary/aromatic N) is 1. The van der Waals surface area contributed by atoms with Crippen LogP contribution in [0.2, 0.25) is 0 Å². The molecule has 2 aromatic rings. The van der Waals surface area contributed by atoms with Crippen LogP contribution in [-0.2, 0) is 0 Å². The maximum absolute atomic E-state index is 11.5. The van der Waals surface area contributed by atoms with E-state index in [-0.39, 0.29) is 11.1 Å². The first-order valence-electron chi connectivity index (χ1n) is 4.56. The van der Waals surface area contributed by atoms with E-state index >= 15 is 0 Å². The van der Waals surface area contributed by atoms with Crippen LogP contribution in [0.5, 0.6) is 0 Å². The molecule has 0 aliphatic heterocycles. The number of hydrogen-bond acceptors (Lipinski definition) is 2. The number of aryl methyl sites for hydroxylation is 1. The van der Waals surface area contributed by atoms with Crippen molar-refractivity contribution in [2.45, 2.75) is 6.92 Å². The SMILES string of the molecule is Cc1cccc(-n2[nH]c(=O)ccc2=O)c1. The Hall–Kier alpha value is -2.10. The number of H-pyrrole nitrogens is 1. The smallest absolute Gasteiger partial charge is 0.268 e. The molecule has 76 valence electrons. The molecule has 4 nitrogen and oxygen atoms in total. The predicted octanol–water partition coefficient (Wildman–Crippen LogP) is 0.834. The van der Waals surface area contributed by atoms with Gasteiger partial charge in [0, 0.05) is 12.1 Å². The van der Waals surface area contributed by atoms with E-state index in [0.717, 1.165) is 5.56 Å². The molecule has 1 N–H and O–H groups in total. The fraction of sp³-hybridized carbons (Fsp3) is 0.0909. The monoisotopic (exact) mass is 202 g/mol. The minimum atomic E-state index is -0.295. The van der Waals surface area contributed by atoms with Crippen molar-refractivity contribution in [3.05, 3.63) is 62.7 Å². The van der Waals surface area contributed by atoms with Crippen LogP contribution in [0.3, 0.4) is 0 Å². The van der Waals surface area contributed by atoms with Gasteiger partial charge in [-0.25, -0.2) is 4.68 Å². The van der Waals surface area contributed by atoms with Gasteiger partial charge < -0.3 is 0 Å². The van der Waals surface area contributed by atoms with Gasteiger partial charge in [0.1, 0.15) is 0 Å². The maximum Gasteiger partial charge on any atom is 0.269 e. The van der Waals surface area contributed by atoms with E-state index in [1.165, 1.54) is 16.8 Å². The third-order valence-electron chi connectivity index (χ3n) is 2.08. The molecule has 0 spiro atoms. The summed E-state index contributed by atoms with van der Waals surface area (Å²) in [7, 11) is 0. The molecule has 0 atom stereocenters. The highest BCUT2D eigenvalue weighted by Crippen LogP contribution is 2.05. The summed E-state index contributed by atoms with van der Waals surface area (Å²) in [5.41, 5.74) is 1.15. The lowest BCUT2D eigenvalue weighted by molar-refractivity contribution is 0.785. The number of aromatic nitrogens is 2. The van der Waals surface area contributed by atoms with Crippen LogP contribution in [0.15, 0.2) is 46.0 Å². The second-order valence-corrected chi connectivity index (χ2v) is 3.32. The second kappa shape index (κ2) is 3.57. The lowest BCUT2D eigenvalue weighted by Gasteiger charge is -2.04. The van der Waals surface area contributed by atoms with E-state index in [1.807, 2.05) is 25.1 Å². The summed E-state index contributed by atoms with van der Waals surface area (Å²) >= 11 is 0. The van der Waals surface area contributed by atoms with Crippen LogP contribution >= 0.6 is 0 Å². The van der Waals surface area contributed by atoms with Gasteiger partial charge in [-0.15, -0.1) is 0 Å². The number of hydrogen-bond donors (Lipinski definition) is 1. The van der Waals surface area contributed by atoms with Crippen LogP contribution in [0, 0.1) is 6.92 Å². The van der Waals surface area contributed by atoms with Gasteiger partial charge in [0.2, 0.25) is 0 Å². The molecule has 0 unspecified atom stereocenters. The van der Waals surface area contributed by atoms with Crippen molar-refractivity contribution >= 4 is 0 Å². The summed E-state index contributed by atoms with van der Waals surface area (Å²) < 4.78 is 1.23. The van der Waals surface area contributed by atoms with Crippen molar-refractivity contribution in [2.75, 3.05) is 0 Å². The largest absolute Gasteiger partial charge is 0.269 e. The van der Waals surface area contributed by atoms with Crippen LogP contribution in [0.4, 0.5) is 0 Å². The summed E-state index contributed by atoms with van der Waals surface area (Å²) in [4.78, 5) is 22.6. The highest BCUT2D eigenvalue weighted by Gasteiger charge is 1.99. The average Bonchev–Trinajstić information content (AvgIpc) is 2.22. The van der Waals surface area contributed by atoms with Crippen molar-refractivity contribution in [1.29, 1.82) is 0 Å². The van der Waals surface area contributed by atoms with Gasteiger partial charge in [0.25, 0.3) is 11.1 Å². The molecule has 0 aliphatic carbocycles. The van der Waals surface area contributed by atoms with Crippen molar-refractivity contribution in [3.8, 4) is 5.69 Å². The zero-order valence-corrected chi connectivity index (χ0v) is 8.23. The minimum Gasteiger partial charge on any atom is -0.268 e. The molecule has 0 radical (unpaired) electrons. The molecule has 0 bridgehead atoms. The Balaban J connectivity index is 2.69. The molecule has 2 rings (SSSR count). The quantitative estimate of drug-likeness (QED) is 0.744. The van der Waals surface area contributed by atoms with E-state index < -0.39 is 0 Å². The van der Waals surface area contributed by atoms with Gasteiger partial charge >= 0.3 is 0 Å². The van der Waals surface area contributed by atoms with Crippen molar-refractivity contribution in [2.24, 2.45) is 0 Å². The first-order valence-corrected chi connectivity index (χ1v) is 4.56. The average molecular weight is 202 g/mol. The van der Waals surface area contributed by atoms with E-state index in [4.69, 9.17) is 0 Å². The Morgan fingerprint density at radius 1 is 1.13 bits per heavy atom. The van der Waals surface area contributed by atoms with Gasteiger partial charge in [-0.2, -0.15) is 0 Å². The van der Waals surface area contributed by atoms with E-state index in [0.29, 0.717) is 5.69 Å². The van der Waals surface area contributed by atoms with Crippen LogP contribution < -0.4 is 11.1 Å². The molecule has 1 aromatic heterocycles. The molecular formula is C11H10N2O2. The Kier molecular flexibility index (Phi) is 2.25. The summed E-state index contributed by atoms with van der Waals surface area (Å²) in [5, 5.41) is 2.47. The normalized spacial score (nSPS) is 10.2. The van der Waals surface area contributed by atoms with E-state index in [2.05, 4.69) is 5.10 Å². The second-order valence-electron chi connectivity index (χ2n) is 3.32. The topological polar surface area (TPSA) is 54.9 Å². The van der Waals surface area contributed by atoms with Crippen molar-refractivity contribution < 1.29 is 0 Å². The standard InChI is InChI=1S/C11H10N2O2/c1-8-3-2-4-9(7-8)13-11(15)6-5-10(14)12-13/h2-7H,1H3,(H,12,14). The molecule has 15 heavy (non-hydrogen) atoms. The molecule has 0 saturated carbocycles. The zero-order chi connectivity index (χ0) is 10.8. The Morgan fingerprint density at radius 3 is 2.67 bits per heavy atom. The first-order chi connectivity index (χ1) is 7.16. The Labute approximate surface area is 85.8 Å². The van der Waals surface area contributed by atoms with E-state index in [1.54, 1.807) is 6.07 Å². The van der Waals surface area contributed by atoms with Crippen LogP contribution in [-0.4, -0.2) is 9.78 Å². The number of aromatic amines is 1. The fourth-order valence-corrected chi connectivity index (χ4v) is 1.38. The highest BCUT2D eigenvalue weighted by atomic mass is 16.1. The van der Waals surface area contributed by atoms with Gasteiger partial charge in [-0.3, -0.25) is 14.7 Å². The molecule has 0 aliphatic rings. The highest BCUT2D eigenvalue weighted by molar-refractivity contribution is 5.34. The summed E-state index contributed by atoms with van der Waals surface area (Å²) in [5.74, 6) is 0. The minimum absolute atomic E-state index is 0.250. The third-order valence-corrected chi connectivity index (χ3v) is 2.08. The number of rotatable bonds is 1. The van der Waals surface area contributed by atoms with Gasteiger partial charge in [-0.05, 0) is 24.6 Å². The number of nitrogens with one attached hydrogen (secondary N) is 1. The molecule has 1 aromatic carbocycles. The molecule has 4 heteroatoms. The summed E-state index contributed by atoms with van der Waals surface area (Å²) in [6, 6.07) is 9.83. The summed E-state index contributed by atoms with van der Waals surface area (Å²) in [6.45, 7) is 1.93. The van der Waals surface area contributed by atoms with Gasteiger partial charge in [-0.1, -0.05) is 12.1 Å². The van der Waals surface area contributed by atoms with E-state index in [9.17, 15) is 9.59 Å². The third kappa shape index (κ3) is 1.88. The fourth-order valence-electron chi connectivity index (χ4n) is 1.38. The Bertz CT molecular complexity index is 596.